The zero-order valence-electron chi connectivity index (χ0n) is 18.8. The third kappa shape index (κ3) is 4.37. The lowest BCUT2D eigenvalue weighted by Crippen LogP contribution is -2.49. The number of nitrogens with zero attached hydrogens (tertiary/aromatic N) is 3. The molecule has 182 valence electrons. The van der Waals surface area contributed by atoms with E-state index in [1.54, 1.807) is 4.57 Å². The molecule has 1 aliphatic carbocycles. The van der Waals surface area contributed by atoms with Gasteiger partial charge < -0.3 is 10.6 Å². The molecular weight excluding hydrogens is 461 g/mol. The van der Waals surface area contributed by atoms with E-state index in [0.717, 1.165) is 30.5 Å². The van der Waals surface area contributed by atoms with Crippen LogP contribution in [0.25, 0.3) is 11.0 Å². The second-order valence-electron chi connectivity index (χ2n) is 9.37. The van der Waals surface area contributed by atoms with Crippen LogP contribution in [0.1, 0.15) is 63.5 Å². The number of hydrogen-bond donors (Lipinski definition) is 2. The Kier molecular flexibility index (Phi) is 6.46. The van der Waals surface area contributed by atoms with E-state index < -0.39 is 17.4 Å². The quantitative estimate of drug-likeness (QED) is 0.675. The van der Waals surface area contributed by atoms with Crippen molar-refractivity contribution in [1.82, 2.24) is 24.8 Å². The fourth-order valence-corrected chi connectivity index (χ4v) is 6.47. The van der Waals surface area contributed by atoms with E-state index in [1.807, 2.05) is 11.8 Å². The van der Waals surface area contributed by atoms with Crippen molar-refractivity contribution in [3.63, 3.8) is 0 Å². The number of thioether (sulfide) groups is 1. The third-order valence-corrected chi connectivity index (χ3v) is 8.25. The highest BCUT2D eigenvalue weighted by Gasteiger charge is 2.32. The minimum atomic E-state index is -0.606. The molecule has 2 aliphatic heterocycles. The molecule has 0 radical (unpaired) electrons. The molecule has 3 aliphatic rings. The molecule has 3 fully saturated rings. The Balaban J connectivity index is 1.40. The van der Waals surface area contributed by atoms with Gasteiger partial charge in [-0.2, -0.15) is 11.8 Å². The van der Waals surface area contributed by atoms with Gasteiger partial charge >= 0.3 is 5.69 Å². The van der Waals surface area contributed by atoms with Crippen molar-refractivity contribution in [2.24, 2.45) is 0 Å². The maximum atomic E-state index is 14.0. The Labute approximate surface area is 199 Å². The number of nitrogens with one attached hydrogen (secondary N) is 2. The van der Waals surface area contributed by atoms with Crippen molar-refractivity contribution >= 4 is 34.6 Å². The maximum Gasteiger partial charge on any atom is 0.333 e. The van der Waals surface area contributed by atoms with E-state index in [2.05, 4.69) is 15.6 Å². The number of amides is 2. The minimum absolute atomic E-state index is 0.0710. The summed E-state index contributed by atoms with van der Waals surface area (Å²) < 4.78 is 16.9. The average Bonchev–Trinajstić information content (AvgIpc) is 3.28. The van der Waals surface area contributed by atoms with Crippen LogP contribution < -0.4 is 21.9 Å². The molecule has 2 amide bonds. The normalized spacial score (nSPS) is 25.9. The van der Waals surface area contributed by atoms with Crippen LogP contribution >= 0.6 is 11.8 Å². The van der Waals surface area contributed by atoms with Gasteiger partial charge in [0, 0.05) is 24.5 Å². The molecule has 11 heteroatoms. The van der Waals surface area contributed by atoms with Crippen LogP contribution in [-0.4, -0.2) is 49.5 Å². The summed E-state index contributed by atoms with van der Waals surface area (Å²) >= 11 is 1.83. The fraction of sp³-hybridized carbons (Fsp3) is 0.609. The molecule has 1 unspecified atom stereocenters. The van der Waals surface area contributed by atoms with Crippen LogP contribution in [-0.2, 0) is 9.59 Å². The van der Waals surface area contributed by atoms with E-state index in [0.29, 0.717) is 38.5 Å². The lowest BCUT2D eigenvalue weighted by atomic mass is 9.90. The highest BCUT2D eigenvalue weighted by atomic mass is 32.2. The van der Waals surface area contributed by atoms with Gasteiger partial charge in [0.05, 0.1) is 11.6 Å². The van der Waals surface area contributed by atoms with E-state index in [4.69, 9.17) is 0 Å². The van der Waals surface area contributed by atoms with Crippen molar-refractivity contribution in [1.29, 1.82) is 0 Å². The van der Waals surface area contributed by atoms with Gasteiger partial charge in [0.25, 0.3) is 5.56 Å². The molecule has 2 aromatic heterocycles. The first-order valence-corrected chi connectivity index (χ1v) is 13.1. The maximum absolute atomic E-state index is 14.0. The van der Waals surface area contributed by atoms with E-state index in [1.165, 1.54) is 10.6 Å². The summed E-state index contributed by atoms with van der Waals surface area (Å²) in [6.07, 6.45) is 5.83. The Morgan fingerprint density at radius 3 is 2.41 bits per heavy atom. The lowest BCUT2D eigenvalue weighted by Gasteiger charge is -2.32. The zero-order chi connectivity index (χ0) is 23.8. The van der Waals surface area contributed by atoms with Crippen molar-refractivity contribution in [2.45, 2.75) is 75.5 Å². The molecular formula is C23H28FN5O4S. The van der Waals surface area contributed by atoms with E-state index >= 15 is 0 Å². The Morgan fingerprint density at radius 1 is 1.03 bits per heavy atom. The number of aromatic nitrogens is 3. The number of halogens is 1. The molecule has 2 aromatic rings. The highest BCUT2D eigenvalue weighted by molar-refractivity contribution is 7.99. The van der Waals surface area contributed by atoms with Gasteiger partial charge in [0.2, 0.25) is 11.8 Å². The van der Waals surface area contributed by atoms with Gasteiger partial charge in [-0.1, -0.05) is 0 Å². The predicted octanol–water partition coefficient (Wildman–Crippen LogP) is 1.64. The van der Waals surface area contributed by atoms with Gasteiger partial charge in [-0.25, -0.2) is 14.2 Å². The smallest absolute Gasteiger partial charge is 0.333 e. The summed E-state index contributed by atoms with van der Waals surface area (Å²) in [5.74, 6) is 0.941. The molecule has 1 saturated carbocycles. The van der Waals surface area contributed by atoms with Crippen LogP contribution in [0, 0.1) is 5.82 Å². The monoisotopic (exact) mass is 489 g/mol. The van der Waals surface area contributed by atoms with Crippen LogP contribution in [0.3, 0.4) is 0 Å². The first-order valence-electron chi connectivity index (χ1n) is 11.9. The predicted molar refractivity (Wildman–Crippen MR) is 126 cm³/mol. The number of rotatable bonds is 4. The van der Waals surface area contributed by atoms with Gasteiger partial charge in [-0.3, -0.25) is 23.5 Å². The van der Waals surface area contributed by atoms with Crippen LogP contribution in [0.15, 0.2) is 21.9 Å². The lowest BCUT2D eigenvalue weighted by molar-refractivity contribution is -0.126. The first kappa shape index (κ1) is 23.1. The molecule has 0 aromatic carbocycles. The van der Waals surface area contributed by atoms with Crippen molar-refractivity contribution < 1.29 is 14.0 Å². The van der Waals surface area contributed by atoms with Crippen molar-refractivity contribution in [3.8, 4) is 0 Å². The van der Waals surface area contributed by atoms with E-state index in [9.17, 15) is 23.6 Å². The molecule has 5 rings (SSSR count). The fourth-order valence-electron chi connectivity index (χ4n) is 5.39. The van der Waals surface area contributed by atoms with Crippen LogP contribution in [0.5, 0.6) is 0 Å². The number of carbonyl (C=O) groups is 2. The summed E-state index contributed by atoms with van der Waals surface area (Å²) in [5, 5.41) is 5.80. The Bertz CT molecular complexity index is 1230. The van der Waals surface area contributed by atoms with Gasteiger partial charge in [-0.15, -0.1) is 0 Å². The Morgan fingerprint density at radius 2 is 1.74 bits per heavy atom. The molecule has 9 nitrogen and oxygen atoms in total. The number of fused-ring (bicyclic) bond motifs is 1. The molecule has 34 heavy (non-hydrogen) atoms. The van der Waals surface area contributed by atoms with Gasteiger partial charge in [0.1, 0.15) is 17.5 Å². The summed E-state index contributed by atoms with van der Waals surface area (Å²) in [6, 6.07) is 0.219. The van der Waals surface area contributed by atoms with E-state index in [-0.39, 0.29) is 46.7 Å². The zero-order valence-corrected chi connectivity index (χ0v) is 19.6. The first-order chi connectivity index (χ1) is 16.4. The third-order valence-electron chi connectivity index (χ3n) is 7.20. The van der Waals surface area contributed by atoms with Gasteiger partial charge in [0.15, 0.2) is 0 Å². The van der Waals surface area contributed by atoms with Crippen LogP contribution in [0.4, 0.5) is 4.39 Å². The SMILES string of the molecule is O=C1CCC(C(=O)NC2CCC(n3c(=O)c4cc(F)cnc4n(C4CCSCC4)c3=O)CC2)N1. The van der Waals surface area contributed by atoms with Gasteiger partial charge in [-0.05, 0) is 62.5 Å². The molecule has 1 atom stereocenters. The molecule has 0 bridgehead atoms. The van der Waals surface area contributed by atoms with Crippen molar-refractivity contribution in [2.75, 3.05) is 11.5 Å². The minimum Gasteiger partial charge on any atom is -0.352 e. The van der Waals surface area contributed by atoms with Crippen molar-refractivity contribution in [3.05, 3.63) is 38.9 Å². The van der Waals surface area contributed by atoms with Crippen LogP contribution in [0.2, 0.25) is 0 Å². The summed E-state index contributed by atoms with van der Waals surface area (Å²) in [7, 11) is 0. The number of carbonyl (C=O) groups excluding carboxylic acids is 2. The average molecular weight is 490 g/mol. The highest BCUT2D eigenvalue weighted by Crippen LogP contribution is 2.30. The Hall–Kier alpha value is -2.69. The molecule has 2 saturated heterocycles. The standard InChI is InChI=1S/C23H28FN5O4S/c24-13-11-17-20(25-12-13)28(16-7-9-34-10-8-16)23(33)29(22(17)32)15-3-1-14(2-4-15)26-21(31)18-5-6-19(30)27-18/h11-12,14-16,18H,1-10H2,(H,26,31)(H,27,30). The summed E-state index contributed by atoms with van der Waals surface area (Å²) in [4.78, 5) is 54.9. The second kappa shape index (κ2) is 9.52. The second-order valence-corrected chi connectivity index (χ2v) is 10.6. The number of pyridine rings is 1. The molecule has 4 heterocycles. The summed E-state index contributed by atoms with van der Waals surface area (Å²) in [6.45, 7) is 0. The number of hydrogen-bond acceptors (Lipinski definition) is 6. The largest absolute Gasteiger partial charge is 0.352 e. The summed E-state index contributed by atoms with van der Waals surface area (Å²) in [5.41, 5.74) is -0.631. The molecule has 2 N–H and O–H groups in total. The topological polar surface area (TPSA) is 115 Å². The molecule has 0 spiro atoms.